The molecule has 4 aromatic rings. The molecule has 0 atom stereocenters. The van der Waals surface area contributed by atoms with Gasteiger partial charge in [-0.2, -0.15) is 0 Å². The third kappa shape index (κ3) is 2.84. The van der Waals surface area contributed by atoms with Crippen molar-refractivity contribution in [1.82, 2.24) is 14.7 Å². The van der Waals surface area contributed by atoms with E-state index in [0.717, 1.165) is 34.0 Å². The van der Waals surface area contributed by atoms with Crippen molar-refractivity contribution in [3.8, 4) is 28.2 Å². The monoisotopic (exact) mass is 343 g/mol. The zero-order chi connectivity index (χ0) is 18.1. The second-order valence-electron chi connectivity index (χ2n) is 6.10. The quantitative estimate of drug-likeness (QED) is 0.504. The summed E-state index contributed by atoms with van der Waals surface area (Å²) < 4.78 is 7.34. The van der Waals surface area contributed by atoms with Crippen LogP contribution in [0.15, 0.2) is 71.6 Å². The van der Waals surface area contributed by atoms with Gasteiger partial charge in [0.2, 0.25) is 0 Å². The van der Waals surface area contributed by atoms with Gasteiger partial charge in [-0.05, 0) is 38.1 Å². The highest BCUT2D eigenvalue weighted by atomic mass is 16.5. The van der Waals surface area contributed by atoms with E-state index in [0.29, 0.717) is 5.56 Å². The van der Waals surface area contributed by atoms with E-state index in [1.807, 2.05) is 72.3 Å². The van der Waals surface area contributed by atoms with E-state index >= 15 is 0 Å². The van der Waals surface area contributed by atoms with Crippen molar-refractivity contribution in [2.45, 2.75) is 13.8 Å². The Balaban J connectivity index is 1.73. The maximum Gasteiger partial charge on any atom is 0.159 e. The first kappa shape index (κ1) is 16.0. The largest absolute Gasteiger partial charge is 0.360 e. The van der Waals surface area contributed by atoms with Gasteiger partial charge in [0.05, 0.1) is 17.6 Å². The lowest BCUT2D eigenvalue weighted by Crippen LogP contribution is -1.94. The van der Waals surface area contributed by atoms with Crippen LogP contribution in [0.4, 0.5) is 0 Å². The van der Waals surface area contributed by atoms with Gasteiger partial charge in [-0.15, -0.1) is 0 Å². The summed E-state index contributed by atoms with van der Waals surface area (Å²) in [4.78, 5) is 16.0. The molecule has 5 heteroatoms. The molecular weight excluding hydrogens is 326 g/mol. The van der Waals surface area contributed by atoms with Crippen molar-refractivity contribution in [2.24, 2.45) is 0 Å². The third-order valence-corrected chi connectivity index (χ3v) is 4.32. The minimum atomic E-state index is 0.0514. The van der Waals surface area contributed by atoms with Crippen molar-refractivity contribution >= 4 is 5.78 Å². The number of carbonyl (C=O) groups is 1. The zero-order valence-corrected chi connectivity index (χ0v) is 14.5. The number of Topliss-reactive ketones (excluding diaryl/α,β-unsaturated/α-hetero) is 1. The van der Waals surface area contributed by atoms with E-state index < -0.39 is 0 Å². The SMILES string of the molecule is CC(=O)c1ccc(-n2cnc(-c3c(-c4ccccc4)noc3C)c2)cc1. The first-order valence-corrected chi connectivity index (χ1v) is 8.31. The Labute approximate surface area is 150 Å². The molecule has 0 aliphatic carbocycles. The van der Waals surface area contributed by atoms with Gasteiger partial charge in [0.15, 0.2) is 5.78 Å². The van der Waals surface area contributed by atoms with E-state index in [9.17, 15) is 4.79 Å². The number of ketones is 1. The summed E-state index contributed by atoms with van der Waals surface area (Å²) in [5.41, 5.74) is 5.06. The lowest BCUT2D eigenvalue weighted by molar-refractivity contribution is 0.101. The number of aryl methyl sites for hydroxylation is 1. The van der Waals surface area contributed by atoms with Crippen LogP contribution in [0, 0.1) is 6.92 Å². The fourth-order valence-corrected chi connectivity index (χ4v) is 2.93. The second kappa shape index (κ2) is 6.44. The highest BCUT2D eigenvalue weighted by Gasteiger charge is 2.18. The number of hydrogen-bond acceptors (Lipinski definition) is 4. The first-order valence-electron chi connectivity index (χ1n) is 8.31. The van der Waals surface area contributed by atoms with Gasteiger partial charge >= 0.3 is 0 Å². The molecule has 0 saturated heterocycles. The minimum absolute atomic E-state index is 0.0514. The molecule has 0 radical (unpaired) electrons. The molecule has 0 fully saturated rings. The Kier molecular flexibility index (Phi) is 3.97. The predicted molar refractivity (Wildman–Crippen MR) is 99.2 cm³/mol. The fourth-order valence-electron chi connectivity index (χ4n) is 2.93. The number of nitrogens with zero attached hydrogens (tertiary/aromatic N) is 3. The van der Waals surface area contributed by atoms with Crippen LogP contribution in [0.5, 0.6) is 0 Å². The molecular formula is C21H17N3O2. The van der Waals surface area contributed by atoms with Gasteiger partial charge in [0.1, 0.15) is 11.5 Å². The van der Waals surface area contributed by atoms with Crippen molar-refractivity contribution in [2.75, 3.05) is 0 Å². The second-order valence-corrected chi connectivity index (χ2v) is 6.10. The van der Waals surface area contributed by atoms with E-state index in [2.05, 4.69) is 10.1 Å². The first-order chi connectivity index (χ1) is 12.6. The highest BCUT2D eigenvalue weighted by molar-refractivity contribution is 5.94. The van der Waals surface area contributed by atoms with Crippen LogP contribution >= 0.6 is 0 Å². The summed E-state index contributed by atoms with van der Waals surface area (Å²) in [6.45, 7) is 3.44. The number of carbonyl (C=O) groups excluding carboxylic acids is 1. The summed E-state index contributed by atoms with van der Waals surface area (Å²) >= 11 is 0. The molecule has 128 valence electrons. The third-order valence-electron chi connectivity index (χ3n) is 4.32. The number of aromatic nitrogens is 3. The van der Waals surface area contributed by atoms with Crippen molar-refractivity contribution < 1.29 is 9.32 Å². The van der Waals surface area contributed by atoms with E-state index in [-0.39, 0.29) is 5.78 Å². The molecule has 0 aliphatic rings. The Morgan fingerprint density at radius 2 is 1.77 bits per heavy atom. The standard InChI is InChI=1S/C21H17N3O2/c1-14(25)16-8-10-18(11-9-16)24-12-19(22-13-24)20-15(2)26-23-21(20)17-6-4-3-5-7-17/h3-13H,1-2H3. The molecule has 4 rings (SSSR count). The molecule has 0 bridgehead atoms. The van der Waals surface area contributed by atoms with Crippen LogP contribution in [0.1, 0.15) is 23.0 Å². The molecule has 2 aromatic carbocycles. The summed E-state index contributed by atoms with van der Waals surface area (Å²) in [5.74, 6) is 0.775. The number of hydrogen-bond donors (Lipinski definition) is 0. The van der Waals surface area contributed by atoms with Crippen molar-refractivity contribution in [3.05, 3.63) is 78.4 Å². The maximum absolute atomic E-state index is 11.4. The van der Waals surface area contributed by atoms with Gasteiger partial charge in [0.25, 0.3) is 0 Å². The molecule has 0 N–H and O–H groups in total. The minimum Gasteiger partial charge on any atom is -0.360 e. The number of benzene rings is 2. The summed E-state index contributed by atoms with van der Waals surface area (Å²) in [6, 6.07) is 17.3. The normalized spacial score (nSPS) is 10.8. The lowest BCUT2D eigenvalue weighted by Gasteiger charge is -2.03. The van der Waals surface area contributed by atoms with Gasteiger partial charge in [-0.25, -0.2) is 4.98 Å². The average Bonchev–Trinajstić information content (AvgIpc) is 3.29. The molecule has 2 heterocycles. The summed E-state index contributed by atoms with van der Waals surface area (Å²) in [7, 11) is 0. The van der Waals surface area contributed by atoms with E-state index in [4.69, 9.17) is 4.52 Å². The molecule has 0 spiro atoms. The van der Waals surface area contributed by atoms with Gasteiger partial charge < -0.3 is 9.09 Å². The van der Waals surface area contributed by atoms with Crippen LogP contribution in [0.3, 0.4) is 0 Å². The molecule has 2 aromatic heterocycles. The van der Waals surface area contributed by atoms with E-state index in [1.165, 1.54) is 0 Å². The smallest absolute Gasteiger partial charge is 0.159 e. The van der Waals surface area contributed by atoms with Crippen LogP contribution in [-0.2, 0) is 0 Å². The molecule has 0 saturated carbocycles. The van der Waals surface area contributed by atoms with Gasteiger partial charge in [-0.3, -0.25) is 4.79 Å². The van der Waals surface area contributed by atoms with Crippen molar-refractivity contribution in [3.63, 3.8) is 0 Å². The molecule has 26 heavy (non-hydrogen) atoms. The molecule has 0 unspecified atom stereocenters. The molecule has 0 amide bonds. The fraction of sp³-hybridized carbons (Fsp3) is 0.0952. The van der Waals surface area contributed by atoms with Gasteiger partial charge in [0, 0.05) is 23.0 Å². The Morgan fingerprint density at radius 1 is 1.04 bits per heavy atom. The maximum atomic E-state index is 11.4. The zero-order valence-electron chi connectivity index (χ0n) is 14.5. The van der Waals surface area contributed by atoms with Crippen LogP contribution < -0.4 is 0 Å². The number of rotatable bonds is 4. The van der Waals surface area contributed by atoms with Crippen LogP contribution in [-0.4, -0.2) is 20.5 Å². The van der Waals surface area contributed by atoms with E-state index in [1.54, 1.807) is 13.3 Å². The average molecular weight is 343 g/mol. The van der Waals surface area contributed by atoms with Crippen molar-refractivity contribution in [1.29, 1.82) is 0 Å². The molecule has 0 aliphatic heterocycles. The number of imidazole rings is 1. The predicted octanol–water partition coefficient (Wildman–Crippen LogP) is 4.71. The van der Waals surface area contributed by atoms with Gasteiger partial charge in [-0.1, -0.05) is 35.5 Å². The van der Waals surface area contributed by atoms with Crippen LogP contribution in [0.2, 0.25) is 0 Å². The Hall–Kier alpha value is -3.47. The Morgan fingerprint density at radius 3 is 2.46 bits per heavy atom. The highest BCUT2D eigenvalue weighted by Crippen LogP contribution is 2.33. The lowest BCUT2D eigenvalue weighted by atomic mass is 10.0. The van der Waals surface area contributed by atoms with Crippen LogP contribution in [0.25, 0.3) is 28.2 Å². The topological polar surface area (TPSA) is 60.9 Å². The summed E-state index contributed by atoms with van der Waals surface area (Å²) in [6.07, 6.45) is 3.69. The Bertz CT molecular complexity index is 1060. The summed E-state index contributed by atoms with van der Waals surface area (Å²) in [5, 5.41) is 4.21. The molecule has 5 nitrogen and oxygen atoms in total.